The molecule has 2 N–H and O–H groups in total. The van der Waals surface area contributed by atoms with Gasteiger partial charge in [-0.25, -0.2) is 4.79 Å². The maximum absolute atomic E-state index is 13.8. The van der Waals surface area contributed by atoms with Crippen molar-refractivity contribution in [1.29, 1.82) is 0 Å². The second-order valence-corrected chi connectivity index (χ2v) is 9.72. The Kier molecular flexibility index (Phi) is 7.85. The lowest BCUT2D eigenvalue weighted by Crippen LogP contribution is -3.05. The molecule has 2 aromatic rings. The molecule has 0 bridgehead atoms. The number of nitrogens with one attached hydrogen (secondary N) is 2. The number of ketones is 1. The monoisotopic (exact) mass is 481 g/mol. The van der Waals surface area contributed by atoms with Gasteiger partial charge in [0.25, 0.3) is 5.91 Å². The summed E-state index contributed by atoms with van der Waals surface area (Å²) in [5, 5.41) is 13.8. The van der Waals surface area contributed by atoms with Crippen molar-refractivity contribution in [3.8, 4) is 0 Å². The topological polar surface area (TPSA) is 107 Å². The lowest BCUT2D eigenvalue weighted by molar-refractivity contribution is -0.858. The molecule has 8 heteroatoms. The molecule has 1 aliphatic rings. The highest BCUT2D eigenvalue weighted by atomic mass is 16.5. The third-order valence-corrected chi connectivity index (χ3v) is 6.58. The minimum Gasteiger partial charge on any atom is -0.872 e. The van der Waals surface area contributed by atoms with E-state index in [9.17, 15) is 19.5 Å². The van der Waals surface area contributed by atoms with Gasteiger partial charge in [-0.3, -0.25) is 9.59 Å². The van der Waals surface area contributed by atoms with Crippen LogP contribution in [0.15, 0.2) is 29.8 Å². The van der Waals surface area contributed by atoms with Crippen LogP contribution in [-0.4, -0.2) is 61.8 Å². The molecule has 2 heterocycles. The number of H-pyrrole nitrogens is 1. The van der Waals surface area contributed by atoms with Crippen LogP contribution in [0.2, 0.25) is 0 Å². The average molecular weight is 482 g/mol. The van der Waals surface area contributed by atoms with Crippen molar-refractivity contribution in [3.05, 3.63) is 63.5 Å². The van der Waals surface area contributed by atoms with Crippen molar-refractivity contribution in [3.63, 3.8) is 0 Å². The van der Waals surface area contributed by atoms with Crippen LogP contribution in [0.5, 0.6) is 0 Å². The fourth-order valence-corrected chi connectivity index (χ4v) is 4.65. The molecule has 1 aliphatic heterocycles. The maximum Gasteiger partial charge on any atom is 0.354 e. The van der Waals surface area contributed by atoms with Gasteiger partial charge in [-0.15, -0.1) is 0 Å². The number of rotatable bonds is 8. The zero-order valence-corrected chi connectivity index (χ0v) is 21.6. The van der Waals surface area contributed by atoms with E-state index in [1.807, 2.05) is 38.4 Å². The molecule has 1 aromatic carbocycles. The quantitative estimate of drug-likeness (QED) is 0.256. The van der Waals surface area contributed by atoms with E-state index in [1.165, 1.54) is 16.9 Å². The fraction of sp³-hybridized carbons (Fsp3) is 0.444. The number of benzene rings is 1. The number of quaternary nitrogens is 1. The molecule has 1 fully saturated rings. The van der Waals surface area contributed by atoms with Crippen LogP contribution < -0.4 is 10.0 Å². The van der Waals surface area contributed by atoms with Gasteiger partial charge in [0.2, 0.25) is 5.78 Å². The number of Topliss-reactive ketones (excluding diaryl/α,β-unsaturated/α-hetero) is 1. The van der Waals surface area contributed by atoms with E-state index in [0.29, 0.717) is 35.7 Å². The number of carbonyl (C=O) groups excluding carboxylic acids is 3. The van der Waals surface area contributed by atoms with Gasteiger partial charge in [-0.1, -0.05) is 43.9 Å². The predicted octanol–water partition coefficient (Wildman–Crippen LogP) is 1.30. The summed E-state index contributed by atoms with van der Waals surface area (Å²) < 4.78 is 4.81. The first-order chi connectivity index (χ1) is 16.5. The highest BCUT2D eigenvalue weighted by Crippen LogP contribution is 2.40. The smallest absolute Gasteiger partial charge is 0.354 e. The second-order valence-electron chi connectivity index (χ2n) is 9.72. The number of methoxy groups -OCH3 is 1. The standard InChI is InChI=1S/C27H35N3O5/c1-15(2)18-9-11-19(12-10-18)23-21(25(32)26(33)30(23)14-8-13-29(5)6)24(31)20-16(3)22(27(34)35-7)28-17(20)4/h9-12,15,23,28,31H,8,13-14H2,1-7H3/b24-21+. The first kappa shape index (κ1) is 26.2. The first-order valence-corrected chi connectivity index (χ1v) is 11.9. The Hall–Kier alpha value is -3.39. The average Bonchev–Trinajstić information content (AvgIpc) is 3.25. The normalized spacial score (nSPS) is 17.6. The summed E-state index contributed by atoms with van der Waals surface area (Å²) in [6.45, 7) is 8.66. The van der Waals surface area contributed by atoms with Crippen molar-refractivity contribution in [2.24, 2.45) is 0 Å². The van der Waals surface area contributed by atoms with Gasteiger partial charge in [0, 0.05) is 24.2 Å². The molecule has 3 rings (SSSR count). The number of esters is 1. The minimum absolute atomic E-state index is 0.0777. The van der Waals surface area contributed by atoms with E-state index in [4.69, 9.17) is 4.74 Å². The van der Waals surface area contributed by atoms with Crippen molar-refractivity contribution < 1.29 is 29.1 Å². The number of carbonyl (C=O) groups is 3. The maximum atomic E-state index is 13.8. The van der Waals surface area contributed by atoms with Gasteiger partial charge < -0.3 is 24.6 Å². The minimum atomic E-state index is -0.787. The summed E-state index contributed by atoms with van der Waals surface area (Å²) in [5.41, 5.74) is 3.00. The van der Waals surface area contributed by atoms with Gasteiger partial charge in [-0.2, -0.15) is 0 Å². The van der Waals surface area contributed by atoms with Crippen LogP contribution >= 0.6 is 0 Å². The van der Waals surface area contributed by atoms with Crippen LogP contribution in [0.25, 0.3) is 5.76 Å². The third-order valence-electron chi connectivity index (χ3n) is 6.58. The van der Waals surface area contributed by atoms with Gasteiger partial charge in [0.15, 0.2) is 0 Å². The van der Waals surface area contributed by atoms with Gasteiger partial charge in [0.1, 0.15) is 5.69 Å². The molecule has 35 heavy (non-hydrogen) atoms. The van der Waals surface area contributed by atoms with Crippen LogP contribution in [-0.2, 0) is 14.3 Å². The van der Waals surface area contributed by atoms with Gasteiger partial charge >= 0.3 is 5.97 Å². The van der Waals surface area contributed by atoms with Crippen LogP contribution in [0.4, 0.5) is 0 Å². The Morgan fingerprint density at radius 3 is 2.34 bits per heavy atom. The number of hydrogen-bond acceptors (Lipinski definition) is 5. The fourth-order valence-electron chi connectivity index (χ4n) is 4.65. The van der Waals surface area contributed by atoms with E-state index in [1.54, 1.807) is 13.8 Å². The number of amides is 1. The number of ether oxygens (including phenoxy) is 1. The second kappa shape index (κ2) is 10.5. The summed E-state index contributed by atoms with van der Waals surface area (Å²) in [6.07, 6.45) is 0.693. The number of hydrogen-bond donors (Lipinski definition) is 2. The summed E-state index contributed by atoms with van der Waals surface area (Å²) in [5.74, 6) is -2.27. The SMILES string of the molecule is COC(=O)c1[nH]c(C)c(/C([O-])=C2\C(=O)C(=O)N(CCC[NH+](C)C)C2c2ccc(C(C)C)cc2)c1C. The summed E-state index contributed by atoms with van der Waals surface area (Å²) in [7, 11) is 5.31. The molecule has 0 radical (unpaired) electrons. The Morgan fingerprint density at radius 2 is 1.80 bits per heavy atom. The zero-order valence-electron chi connectivity index (χ0n) is 21.6. The van der Waals surface area contributed by atoms with Crippen molar-refractivity contribution in [2.45, 2.75) is 46.1 Å². The van der Waals surface area contributed by atoms with Crippen molar-refractivity contribution >= 4 is 23.4 Å². The Labute approximate surface area is 206 Å². The molecule has 1 aromatic heterocycles. The molecule has 188 valence electrons. The highest BCUT2D eigenvalue weighted by Gasteiger charge is 2.44. The molecule has 0 spiro atoms. The van der Waals surface area contributed by atoms with Crippen LogP contribution in [0.3, 0.4) is 0 Å². The summed E-state index contributed by atoms with van der Waals surface area (Å²) in [4.78, 5) is 44.2. The van der Waals surface area contributed by atoms with Gasteiger partial charge in [-0.05, 0) is 42.0 Å². The molecular weight excluding hydrogens is 446 g/mol. The molecule has 1 amide bonds. The number of likely N-dealkylation sites (tertiary alicyclic amines) is 1. The molecule has 1 unspecified atom stereocenters. The number of nitrogens with zero attached hydrogens (tertiary/aromatic N) is 1. The van der Waals surface area contributed by atoms with Crippen LogP contribution in [0.1, 0.15) is 70.7 Å². The lowest BCUT2D eigenvalue weighted by Gasteiger charge is -2.28. The van der Waals surface area contributed by atoms with E-state index in [2.05, 4.69) is 18.8 Å². The predicted molar refractivity (Wildman–Crippen MR) is 131 cm³/mol. The molecule has 1 saturated heterocycles. The number of aromatic amines is 1. The molecule has 8 nitrogen and oxygen atoms in total. The van der Waals surface area contributed by atoms with E-state index < -0.39 is 29.5 Å². The van der Waals surface area contributed by atoms with Crippen molar-refractivity contribution in [1.82, 2.24) is 9.88 Å². The molecule has 1 atom stereocenters. The molecule has 0 saturated carbocycles. The third kappa shape index (κ3) is 5.03. The van der Waals surface area contributed by atoms with Crippen molar-refractivity contribution in [2.75, 3.05) is 34.3 Å². The summed E-state index contributed by atoms with van der Waals surface area (Å²) >= 11 is 0. The number of aromatic nitrogens is 1. The van der Waals surface area contributed by atoms with Crippen LogP contribution in [0, 0.1) is 13.8 Å². The Bertz CT molecular complexity index is 1160. The first-order valence-electron chi connectivity index (χ1n) is 11.9. The van der Waals surface area contributed by atoms with E-state index >= 15 is 0 Å². The zero-order chi connectivity index (χ0) is 26.0. The molecule has 0 aliphatic carbocycles. The number of aryl methyl sites for hydroxylation is 1. The van der Waals surface area contributed by atoms with E-state index in [0.717, 1.165) is 12.1 Å². The molecular formula is C27H35N3O5. The Morgan fingerprint density at radius 1 is 1.17 bits per heavy atom. The van der Waals surface area contributed by atoms with E-state index in [-0.39, 0.29) is 16.8 Å². The lowest BCUT2D eigenvalue weighted by atomic mass is 9.92. The highest BCUT2D eigenvalue weighted by molar-refractivity contribution is 6.46. The Balaban J connectivity index is 2.17. The summed E-state index contributed by atoms with van der Waals surface area (Å²) in [6, 6.07) is 6.94. The largest absolute Gasteiger partial charge is 0.872 e. The van der Waals surface area contributed by atoms with Gasteiger partial charge in [0.05, 0.1) is 33.8 Å².